The van der Waals surface area contributed by atoms with Gasteiger partial charge in [-0.1, -0.05) is 17.4 Å². The first-order valence-corrected chi connectivity index (χ1v) is 9.09. The molecule has 0 saturated carbocycles. The molecule has 0 bridgehead atoms. The maximum Gasteiger partial charge on any atom is 0.235 e. The first-order chi connectivity index (χ1) is 10.6. The van der Waals surface area contributed by atoms with E-state index in [4.69, 9.17) is 0 Å². The summed E-state index contributed by atoms with van der Waals surface area (Å²) < 4.78 is 4.73. The number of halogens is 1. The van der Waals surface area contributed by atoms with Crippen LogP contribution < -0.4 is 0 Å². The van der Waals surface area contributed by atoms with Crippen molar-refractivity contribution in [2.45, 2.75) is 19.9 Å². The van der Waals surface area contributed by atoms with Gasteiger partial charge < -0.3 is 0 Å². The van der Waals surface area contributed by atoms with Gasteiger partial charge in [-0.2, -0.15) is 14.7 Å². The molecule has 0 fully saturated rings. The number of fused-ring (bicyclic) bond motifs is 1. The van der Waals surface area contributed by atoms with Crippen LogP contribution in [0.5, 0.6) is 0 Å². The summed E-state index contributed by atoms with van der Waals surface area (Å²) in [5, 5.41) is 20.6. The van der Waals surface area contributed by atoms with Crippen molar-refractivity contribution in [2.75, 3.05) is 0 Å². The number of hydrogen-bond donors (Lipinski definition) is 0. The van der Waals surface area contributed by atoms with Gasteiger partial charge in [0, 0.05) is 6.20 Å². The van der Waals surface area contributed by atoms with Gasteiger partial charge in [-0.25, -0.2) is 0 Å². The van der Waals surface area contributed by atoms with Crippen LogP contribution in [-0.4, -0.2) is 29.6 Å². The molecule has 0 amide bonds. The van der Waals surface area contributed by atoms with E-state index in [1.54, 1.807) is 22.7 Å². The van der Waals surface area contributed by atoms with Crippen molar-refractivity contribution in [1.82, 2.24) is 29.6 Å². The van der Waals surface area contributed by atoms with Crippen LogP contribution in [0.15, 0.2) is 28.2 Å². The van der Waals surface area contributed by atoms with E-state index in [0.29, 0.717) is 0 Å². The van der Waals surface area contributed by atoms with Crippen LogP contribution in [0, 0.1) is 6.92 Å². The highest BCUT2D eigenvalue weighted by Crippen LogP contribution is 2.29. The number of aryl methyl sites for hydroxylation is 1. The molecule has 0 aliphatic heterocycles. The Morgan fingerprint density at radius 2 is 2.14 bits per heavy atom. The highest BCUT2D eigenvalue weighted by Gasteiger charge is 2.19. The number of hydrogen-bond acceptors (Lipinski definition) is 6. The first-order valence-electron chi connectivity index (χ1n) is 6.61. The fourth-order valence-corrected chi connectivity index (χ4v) is 4.00. The summed E-state index contributed by atoms with van der Waals surface area (Å²) >= 11 is 6.67. The van der Waals surface area contributed by atoms with Gasteiger partial charge in [-0.3, -0.25) is 4.68 Å². The van der Waals surface area contributed by atoms with Crippen LogP contribution in [0.3, 0.4) is 0 Å². The Kier molecular flexibility index (Phi) is 3.35. The second-order valence-electron chi connectivity index (χ2n) is 4.85. The Morgan fingerprint density at radius 1 is 1.27 bits per heavy atom. The lowest BCUT2D eigenvalue weighted by Crippen LogP contribution is -2.08. The molecule has 0 unspecified atom stereocenters. The van der Waals surface area contributed by atoms with Crippen molar-refractivity contribution in [2.24, 2.45) is 0 Å². The summed E-state index contributed by atoms with van der Waals surface area (Å²) in [4.78, 5) is 1.86. The lowest BCUT2D eigenvalue weighted by Gasteiger charge is -2.07. The molecule has 4 rings (SSSR count). The normalized spacial score (nSPS) is 13.0. The highest BCUT2D eigenvalue weighted by molar-refractivity contribution is 9.10. The molecule has 6 nitrogen and oxygen atoms in total. The van der Waals surface area contributed by atoms with Crippen LogP contribution in [0.25, 0.3) is 15.7 Å². The molecular formula is C13H11BrN6S2. The molecular weight excluding hydrogens is 384 g/mol. The number of rotatable bonds is 3. The van der Waals surface area contributed by atoms with Crippen molar-refractivity contribution in [3.8, 4) is 10.7 Å². The zero-order valence-electron chi connectivity index (χ0n) is 11.8. The molecule has 0 aliphatic carbocycles. The van der Waals surface area contributed by atoms with Gasteiger partial charge in [0.2, 0.25) is 4.96 Å². The molecule has 22 heavy (non-hydrogen) atoms. The Hall–Kier alpha value is -1.58. The zero-order valence-corrected chi connectivity index (χ0v) is 15.0. The summed E-state index contributed by atoms with van der Waals surface area (Å²) in [6, 6.07) is 4.08. The number of aromatic nitrogens is 6. The lowest BCUT2D eigenvalue weighted by molar-refractivity contribution is 0.551. The first kappa shape index (κ1) is 14.0. The quantitative estimate of drug-likeness (QED) is 0.530. The smallest absolute Gasteiger partial charge is 0.235 e. The summed E-state index contributed by atoms with van der Waals surface area (Å²) in [5.74, 6) is 0.789. The van der Waals surface area contributed by atoms with Crippen molar-refractivity contribution in [1.29, 1.82) is 0 Å². The van der Waals surface area contributed by atoms with Gasteiger partial charge in [0.15, 0.2) is 5.82 Å². The Balaban J connectivity index is 1.77. The molecule has 0 aliphatic rings. The van der Waals surface area contributed by atoms with E-state index >= 15 is 0 Å². The van der Waals surface area contributed by atoms with Crippen LogP contribution in [0.1, 0.15) is 23.7 Å². The van der Waals surface area contributed by atoms with E-state index in [-0.39, 0.29) is 6.04 Å². The molecule has 0 spiro atoms. The van der Waals surface area contributed by atoms with E-state index in [2.05, 4.69) is 43.2 Å². The largest absolute Gasteiger partial charge is 0.262 e. The number of nitrogens with zero attached hydrogens (tertiary/aromatic N) is 6. The van der Waals surface area contributed by atoms with E-state index in [1.807, 2.05) is 39.8 Å². The van der Waals surface area contributed by atoms with Gasteiger partial charge >= 0.3 is 0 Å². The average Bonchev–Trinajstić information content (AvgIpc) is 3.22. The fourth-order valence-electron chi connectivity index (χ4n) is 2.13. The Morgan fingerprint density at radius 3 is 2.82 bits per heavy atom. The average molecular weight is 395 g/mol. The minimum Gasteiger partial charge on any atom is -0.262 e. The molecule has 0 aromatic carbocycles. The lowest BCUT2D eigenvalue weighted by atomic mass is 10.4. The second-order valence-corrected chi connectivity index (χ2v) is 7.64. The molecule has 0 saturated heterocycles. The van der Waals surface area contributed by atoms with Crippen LogP contribution in [-0.2, 0) is 0 Å². The third kappa shape index (κ3) is 2.20. The van der Waals surface area contributed by atoms with E-state index < -0.39 is 0 Å². The van der Waals surface area contributed by atoms with Crippen molar-refractivity contribution >= 4 is 43.6 Å². The minimum absolute atomic E-state index is 0.0490. The monoisotopic (exact) mass is 394 g/mol. The molecule has 112 valence electrons. The van der Waals surface area contributed by atoms with Crippen LogP contribution >= 0.6 is 38.6 Å². The van der Waals surface area contributed by atoms with Gasteiger partial charge in [0.1, 0.15) is 11.0 Å². The summed E-state index contributed by atoms with van der Waals surface area (Å²) in [6.07, 6.45) is 1.97. The summed E-state index contributed by atoms with van der Waals surface area (Å²) in [7, 11) is 0. The maximum atomic E-state index is 4.68. The number of thiophene rings is 1. The maximum absolute atomic E-state index is 4.68. The fraction of sp³-hybridized carbons (Fsp3) is 0.231. The van der Waals surface area contributed by atoms with E-state index in [1.165, 1.54) is 0 Å². The van der Waals surface area contributed by atoms with Crippen LogP contribution in [0.2, 0.25) is 0 Å². The van der Waals surface area contributed by atoms with Crippen LogP contribution in [0.4, 0.5) is 0 Å². The van der Waals surface area contributed by atoms with Crippen molar-refractivity contribution < 1.29 is 0 Å². The molecule has 1 atom stereocenters. The van der Waals surface area contributed by atoms with Crippen molar-refractivity contribution in [3.63, 3.8) is 0 Å². The van der Waals surface area contributed by atoms with E-state index in [9.17, 15) is 0 Å². The topological polar surface area (TPSA) is 60.9 Å². The van der Waals surface area contributed by atoms with Gasteiger partial charge in [0.05, 0.1) is 15.0 Å². The standard InChI is InChI=1S/C13H11BrN6S2/c1-7-9(14)6-19(17-7)8(2)12-18-20-11(10-4-3-5-21-10)15-16-13(20)22-12/h3-6,8H,1-2H3/t8-/m1/s1. The highest BCUT2D eigenvalue weighted by atomic mass is 79.9. The van der Waals surface area contributed by atoms with Crippen molar-refractivity contribution in [3.05, 3.63) is 38.9 Å². The SMILES string of the molecule is Cc1nn([C@H](C)c2nn3c(-c4cccs4)nnc3s2)cc1Br. The third-order valence-electron chi connectivity index (χ3n) is 3.36. The molecule has 4 aromatic rings. The summed E-state index contributed by atoms with van der Waals surface area (Å²) in [5.41, 5.74) is 0.967. The van der Waals surface area contributed by atoms with E-state index in [0.717, 1.165) is 30.8 Å². The Labute approximate surface area is 142 Å². The predicted molar refractivity (Wildman–Crippen MR) is 90.4 cm³/mol. The van der Waals surface area contributed by atoms with Gasteiger partial charge in [0.25, 0.3) is 0 Å². The predicted octanol–water partition coefficient (Wildman–Crippen LogP) is 3.79. The molecule has 9 heteroatoms. The van der Waals surface area contributed by atoms with Gasteiger partial charge in [-0.15, -0.1) is 21.5 Å². The second kappa shape index (κ2) is 5.25. The molecule has 0 N–H and O–H groups in total. The molecule has 4 heterocycles. The zero-order chi connectivity index (χ0) is 15.3. The Bertz CT molecular complexity index is 916. The molecule has 0 radical (unpaired) electrons. The summed E-state index contributed by atoms with van der Waals surface area (Å²) in [6.45, 7) is 4.05. The van der Waals surface area contributed by atoms with Gasteiger partial charge in [-0.05, 0) is 41.2 Å². The molecule has 4 aromatic heterocycles. The third-order valence-corrected chi connectivity index (χ3v) is 6.07. The minimum atomic E-state index is 0.0490.